The molecule has 4 N–H and O–H groups in total. The van der Waals surface area contributed by atoms with Gasteiger partial charge in [0.25, 0.3) is 0 Å². The summed E-state index contributed by atoms with van der Waals surface area (Å²) < 4.78 is 28.6. The number of methoxy groups -OCH3 is 1. The van der Waals surface area contributed by atoms with Gasteiger partial charge in [-0.25, -0.2) is 13.1 Å². The number of hydrogen-bond donors (Lipinski definition) is 3. The Labute approximate surface area is 95.8 Å². The molecule has 0 radical (unpaired) electrons. The minimum Gasteiger partial charge on any atom is -0.380 e. The smallest absolute Gasteiger partial charge is 0.222 e. The van der Waals surface area contributed by atoms with Crippen LogP contribution in [0.15, 0.2) is 0 Å². The van der Waals surface area contributed by atoms with Crippen LogP contribution in [0.5, 0.6) is 0 Å². The van der Waals surface area contributed by atoms with Crippen LogP contribution in [0.3, 0.4) is 0 Å². The molecule has 0 rings (SSSR count). The van der Waals surface area contributed by atoms with Crippen molar-refractivity contribution in [1.82, 2.24) is 10.0 Å². The molecule has 0 aliphatic carbocycles. The van der Waals surface area contributed by atoms with E-state index >= 15 is 0 Å². The minimum atomic E-state index is -3.20. The molecule has 0 saturated heterocycles. The van der Waals surface area contributed by atoms with Gasteiger partial charge in [0.1, 0.15) is 0 Å². The van der Waals surface area contributed by atoms with Crippen LogP contribution in [-0.4, -0.2) is 53.4 Å². The molecule has 0 bridgehead atoms. The van der Waals surface area contributed by atoms with Crippen molar-refractivity contribution in [2.45, 2.75) is 12.5 Å². The fraction of sp³-hybridized carbons (Fsp3) is 0.875. The van der Waals surface area contributed by atoms with Crippen molar-refractivity contribution in [3.05, 3.63) is 0 Å². The summed E-state index contributed by atoms with van der Waals surface area (Å²) in [5.74, 6) is -0.215. The predicted octanol–water partition coefficient (Wildman–Crippen LogP) is -1.98. The minimum absolute atomic E-state index is 0.171. The number of carbonyl (C=O) groups excluding carboxylic acids is 1. The van der Waals surface area contributed by atoms with Crippen molar-refractivity contribution < 1.29 is 17.9 Å². The normalized spacial score (nSPS) is 13.4. The van der Waals surface area contributed by atoms with Crippen molar-refractivity contribution in [2.75, 3.05) is 33.0 Å². The molecular weight excluding hydrogens is 234 g/mol. The Balaban J connectivity index is 3.66. The molecule has 8 heteroatoms. The van der Waals surface area contributed by atoms with Crippen LogP contribution in [0.25, 0.3) is 0 Å². The Kier molecular flexibility index (Phi) is 7.22. The van der Waals surface area contributed by atoms with Crippen molar-refractivity contribution in [1.29, 1.82) is 0 Å². The van der Waals surface area contributed by atoms with E-state index in [0.29, 0.717) is 0 Å². The summed E-state index contributed by atoms with van der Waals surface area (Å²) in [5.41, 5.74) is 5.35. The van der Waals surface area contributed by atoms with Crippen molar-refractivity contribution >= 4 is 15.9 Å². The van der Waals surface area contributed by atoms with Crippen molar-refractivity contribution in [2.24, 2.45) is 5.73 Å². The third-order valence-corrected chi connectivity index (χ3v) is 2.55. The highest BCUT2D eigenvalue weighted by molar-refractivity contribution is 7.88. The highest BCUT2D eigenvalue weighted by Gasteiger charge is 2.10. The van der Waals surface area contributed by atoms with Crippen LogP contribution in [0.1, 0.15) is 6.42 Å². The lowest BCUT2D eigenvalue weighted by molar-refractivity contribution is -0.123. The molecular formula is C8H19N3O4S. The van der Waals surface area contributed by atoms with Gasteiger partial charge < -0.3 is 15.8 Å². The van der Waals surface area contributed by atoms with Crippen LogP contribution in [0, 0.1) is 0 Å². The second kappa shape index (κ2) is 7.55. The number of hydrogen-bond acceptors (Lipinski definition) is 5. The first-order chi connectivity index (χ1) is 7.39. The lowest BCUT2D eigenvalue weighted by Crippen LogP contribution is -2.37. The number of carbonyl (C=O) groups is 1. The van der Waals surface area contributed by atoms with Gasteiger partial charge in [0.15, 0.2) is 0 Å². The second-order valence-electron chi connectivity index (χ2n) is 3.31. The van der Waals surface area contributed by atoms with Gasteiger partial charge in [-0.1, -0.05) is 0 Å². The monoisotopic (exact) mass is 253 g/mol. The molecule has 0 heterocycles. The lowest BCUT2D eigenvalue weighted by Gasteiger charge is -2.12. The Bertz CT molecular complexity index is 300. The molecule has 1 atom stereocenters. The van der Waals surface area contributed by atoms with Gasteiger partial charge in [-0.15, -0.1) is 0 Å². The number of rotatable bonds is 8. The zero-order chi connectivity index (χ0) is 12.6. The summed E-state index contributed by atoms with van der Waals surface area (Å²) in [7, 11) is -1.72. The SMILES string of the molecule is COC(CN)CC(=O)NCCNS(C)(=O)=O. The lowest BCUT2D eigenvalue weighted by atomic mass is 10.2. The van der Waals surface area contributed by atoms with Gasteiger partial charge in [0.05, 0.1) is 18.8 Å². The van der Waals surface area contributed by atoms with E-state index in [2.05, 4.69) is 10.0 Å². The topological polar surface area (TPSA) is 111 Å². The molecule has 0 fully saturated rings. The first kappa shape index (κ1) is 15.3. The van der Waals surface area contributed by atoms with Crippen LogP contribution < -0.4 is 15.8 Å². The highest BCUT2D eigenvalue weighted by atomic mass is 32.2. The van der Waals surface area contributed by atoms with Crippen LogP contribution >= 0.6 is 0 Å². The standard InChI is InChI=1S/C8H19N3O4S/c1-15-7(6-9)5-8(12)10-3-4-11-16(2,13)14/h7,11H,3-6,9H2,1-2H3,(H,10,12). The van der Waals surface area contributed by atoms with E-state index in [1.165, 1.54) is 7.11 Å². The third-order valence-electron chi connectivity index (χ3n) is 1.82. The summed E-state index contributed by atoms with van der Waals surface area (Å²) in [6.45, 7) is 0.684. The van der Waals surface area contributed by atoms with E-state index in [0.717, 1.165) is 6.26 Å². The van der Waals surface area contributed by atoms with Gasteiger partial charge in [0.2, 0.25) is 15.9 Å². The largest absolute Gasteiger partial charge is 0.380 e. The van der Waals surface area contributed by atoms with E-state index in [9.17, 15) is 13.2 Å². The quantitative estimate of drug-likeness (QED) is 0.434. The summed E-state index contributed by atoms with van der Waals surface area (Å²) in [4.78, 5) is 11.3. The van der Waals surface area contributed by atoms with E-state index < -0.39 is 10.0 Å². The number of amides is 1. The molecule has 1 unspecified atom stereocenters. The summed E-state index contributed by atoms with van der Waals surface area (Å²) >= 11 is 0. The van der Waals surface area contributed by atoms with E-state index in [4.69, 9.17) is 10.5 Å². The fourth-order valence-electron chi connectivity index (χ4n) is 0.980. The molecule has 0 aliphatic rings. The van der Waals surface area contributed by atoms with Crippen molar-refractivity contribution in [3.8, 4) is 0 Å². The highest BCUT2D eigenvalue weighted by Crippen LogP contribution is 1.93. The average Bonchev–Trinajstić information content (AvgIpc) is 2.19. The predicted molar refractivity (Wildman–Crippen MR) is 60.3 cm³/mol. The van der Waals surface area contributed by atoms with Gasteiger partial charge in [0, 0.05) is 26.7 Å². The zero-order valence-electron chi connectivity index (χ0n) is 9.52. The Morgan fingerprint density at radius 2 is 2.06 bits per heavy atom. The molecule has 0 aromatic rings. The molecule has 0 spiro atoms. The molecule has 0 aromatic heterocycles. The zero-order valence-corrected chi connectivity index (χ0v) is 10.3. The van der Waals surface area contributed by atoms with Crippen LogP contribution in [0.2, 0.25) is 0 Å². The molecule has 16 heavy (non-hydrogen) atoms. The first-order valence-electron chi connectivity index (χ1n) is 4.83. The number of sulfonamides is 1. The molecule has 1 amide bonds. The van der Waals surface area contributed by atoms with Gasteiger partial charge in [-0.05, 0) is 0 Å². The van der Waals surface area contributed by atoms with Gasteiger partial charge >= 0.3 is 0 Å². The fourth-order valence-corrected chi connectivity index (χ4v) is 1.45. The maximum Gasteiger partial charge on any atom is 0.222 e. The Hall–Kier alpha value is -0.700. The maximum absolute atomic E-state index is 11.3. The molecule has 0 aliphatic heterocycles. The average molecular weight is 253 g/mol. The van der Waals surface area contributed by atoms with Crippen molar-refractivity contribution in [3.63, 3.8) is 0 Å². The first-order valence-corrected chi connectivity index (χ1v) is 6.72. The Morgan fingerprint density at radius 1 is 1.44 bits per heavy atom. The van der Waals surface area contributed by atoms with E-state index in [-0.39, 0.29) is 38.1 Å². The van der Waals surface area contributed by atoms with Crippen LogP contribution in [-0.2, 0) is 19.6 Å². The maximum atomic E-state index is 11.3. The second-order valence-corrected chi connectivity index (χ2v) is 5.15. The van der Waals surface area contributed by atoms with Gasteiger partial charge in [-0.3, -0.25) is 4.79 Å². The Morgan fingerprint density at radius 3 is 2.50 bits per heavy atom. The number of ether oxygens (including phenoxy) is 1. The molecule has 7 nitrogen and oxygen atoms in total. The molecule has 96 valence electrons. The molecule has 0 saturated carbocycles. The molecule has 0 aromatic carbocycles. The number of nitrogens with two attached hydrogens (primary N) is 1. The number of nitrogens with one attached hydrogen (secondary N) is 2. The summed E-state index contributed by atoms with van der Waals surface area (Å²) in [6, 6.07) is 0. The summed E-state index contributed by atoms with van der Waals surface area (Å²) in [5, 5.41) is 2.55. The van der Waals surface area contributed by atoms with Gasteiger partial charge in [-0.2, -0.15) is 0 Å². The summed E-state index contributed by atoms with van der Waals surface area (Å²) in [6.07, 6.45) is 0.929. The third kappa shape index (κ3) is 8.60. The van der Waals surface area contributed by atoms with E-state index in [1.54, 1.807) is 0 Å². The van der Waals surface area contributed by atoms with E-state index in [1.807, 2.05) is 0 Å². The van der Waals surface area contributed by atoms with Crippen LogP contribution in [0.4, 0.5) is 0 Å².